The summed E-state index contributed by atoms with van der Waals surface area (Å²) in [6, 6.07) is -1.69. The summed E-state index contributed by atoms with van der Waals surface area (Å²) in [6.07, 6.45) is 2.33. The van der Waals surface area contributed by atoms with Crippen molar-refractivity contribution in [2.45, 2.75) is 58.2 Å². The molecule has 1 saturated heterocycles. The zero-order valence-corrected chi connectivity index (χ0v) is 19.1. The van der Waals surface area contributed by atoms with Crippen LogP contribution in [0.2, 0.25) is 0 Å². The van der Waals surface area contributed by atoms with Crippen LogP contribution in [0, 0.1) is 5.92 Å². The molecule has 3 atom stereocenters. The Hall–Kier alpha value is -2.85. The summed E-state index contributed by atoms with van der Waals surface area (Å²) in [5.41, 5.74) is 19.2. The van der Waals surface area contributed by atoms with Crippen LogP contribution in [-0.4, -0.2) is 93.1 Å². The van der Waals surface area contributed by atoms with E-state index in [1.807, 2.05) is 13.8 Å². The van der Waals surface area contributed by atoms with E-state index in [9.17, 15) is 24.0 Å². The van der Waals surface area contributed by atoms with Gasteiger partial charge in [-0.3, -0.25) is 24.0 Å². The molecule has 0 aromatic rings. The second kappa shape index (κ2) is 23.8. The normalized spacial score (nSPS) is 15.3. The van der Waals surface area contributed by atoms with Gasteiger partial charge in [-0.15, -0.1) is 0 Å². The molecule has 0 bridgehead atoms. The summed E-state index contributed by atoms with van der Waals surface area (Å²) in [5, 5.41) is 42.6. The number of nitrogens with two attached hydrogens (primary N) is 4. The first-order chi connectivity index (χ1) is 15.0. The molecule has 0 saturated carbocycles. The van der Waals surface area contributed by atoms with Crippen molar-refractivity contribution < 1.29 is 49.5 Å². The summed E-state index contributed by atoms with van der Waals surface area (Å²) in [4.78, 5) is 48.3. The fraction of sp³-hybridized carbons (Fsp3) is 0.722. The quantitative estimate of drug-likeness (QED) is 0.182. The molecule has 1 heterocycles. The van der Waals surface area contributed by atoms with Crippen molar-refractivity contribution in [2.24, 2.45) is 28.9 Å². The van der Waals surface area contributed by atoms with Crippen molar-refractivity contribution in [2.75, 3.05) is 19.6 Å². The van der Waals surface area contributed by atoms with Crippen molar-refractivity contribution in [3.63, 3.8) is 0 Å². The molecule has 15 heteroatoms. The highest BCUT2D eigenvalue weighted by atomic mass is 16.4. The molecule has 0 unspecified atom stereocenters. The van der Waals surface area contributed by atoms with E-state index < -0.39 is 41.9 Å². The van der Waals surface area contributed by atoms with Crippen LogP contribution in [-0.2, 0) is 24.0 Å². The molecule has 196 valence electrons. The maximum atomic E-state index is 10.1. The monoisotopic (exact) mass is 485 g/mol. The average Bonchev–Trinajstić information content (AvgIpc) is 3.24. The second-order valence-corrected chi connectivity index (χ2v) is 6.88. The van der Waals surface area contributed by atoms with Gasteiger partial charge in [0.1, 0.15) is 18.1 Å². The van der Waals surface area contributed by atoms with Crippen LogP contribution < -0.4 is 28.3 Å². The second-order valence-electron chi connectivity index (χ2n) is 6.88. The van der Waals surface area contributed by atoms with Gasteiger partial charge in [-0.25, -0.2) is 0 Å². The highest BCUT2D eigenvalue weighted by molar-refractivity contribution is 5.74. The maximum absolute atomic E-state index is 10.1. The molecule has 33 heavy (non-hydrogen) atoms. The zero-order valence-electron chi connectivity index (χ0n) is 19.1. The molecule has 1 rings (SSSR count). The molecule has 14 N–H and O–H groups in total. The number of hydrogen-bond donors (Lipinski definition) is 10. The summed E-state index contributed by atoms with van der Waals surface area (Å²) >= 11 is 0. The van der Waals surface area contributed by atoms with Crippen LogP contribution in [0.3, 0.4) is 0 Å². The lowest BCUT2D eigenvalue weighted by molar-refractivity contribution is -0.139. The number of nitrogens with one attached hydrogen (secondary N) is 1. The molecule has 0 aliphatic carbocycles. The van der Waals surface area contributed by atoms with Crippen molar-refractivity contribution in [3.8, 4) is 0 Å². The average molecular weight is 486 g/mol. The van der Waals surface area contributed by atoms with Gasteiger partial charge in [0.2, 0.25) is 0 Å². The third-order valence-electron chi connectivity index (χ3n) is 3.14. The zero-order chi connectivity index (χ0) is 27.1. The standard InChI is InChI=1S/C6H13NO2.C5H9NO2.C3H7NO2.2C2H5NO2/c1-4(2)3-5(7)6(8)9;7-5(8)4-2-1-3-6-4;1-2(4)3(5)6;2*3-1-2(4)5/h4-5H,3,7H2,1-2H3,(H,8,9);4,6H,1-3H2,(H,7,8);2H,4H2,1H3,(H,5,6);2*1,3H2,(H,4,5)/t5-;4-;2-;;/m000../s1. The largest absolute Gasteiger partial charge is 0.480 e. The van der Waals surface area contributed by atoms with Crippen LogP contribution in [0.4, 0.5) is 0 Å². The van der Waals surface area contributed by atoms with Crippen molar-refractivity contribution in [1.82, 2.24) is 5.32 Å². The number of carboxylic acids is 5. The Morgan fingerprint density at radius 3 is 1.30 bits per heavy atom. The van der Waals surface area contributed by atoms with Crippen molar-refractivity contribution in [1.29, 1.82) is 0 Å². The predicted molar refractivity (Wildman–Crippen MR) is 118 cm³/mol. The number of hydrogen-bond acceptors (Lipinski definition) is 10. The molecule has 0 aromatic carbocycles. The molecule has 1 aliphatic rings. The first kappa shape index (κ1) is 37.5. The number of rotatable bonds is 7. The predicted octanol–water partition coefficient (Wildman–Crippen LogP) is -2.25. The van der Waals surface area contributed by atoms with E-state index >= 15 is 0 Å². The topological polar surface area (TPSA) is 303 Å². The van der Waals surface area contributed by atoms with Crippen molar-refractivity contribution >= 4 is 29.8 Å². The van der Waals surface area contributed by atoms with Gasteiger partial charge in [0.15, 0.2) is 0 Å². The van der Waals surface area contributed by atoms with Crippen LogP contribution in [0.25, 0.3) is 0 Å². The van der Waals surface area contributed by atoms with E-state index in [1.165, 1.54) is 6.92 Å². The van der Waals surface area contributed by atoms with Crippen molar-refractivity contribution in [3.05, 3.63) is 0 Å². The molecule has 0 aromatic heterocycles. The minimum atomic E-state index is -0.968. The van der Waals surface area contributed by atoms with Gasteiger partial charge in [0.25, 0.3) is 0 Å². The molecule has 1 fully saturated rings. The Kier molecular flexibility index (Phi) is 27.0. The van der Waals surface area contributed by atoms with E-state index in [2.05, 4.69) is 16.8 Å². The molecule has 0 spiro atoms. The van der Waals surface area contributed by atoms with E-state index in [0.29, 0.717) is 12.3 Å². The first-order valence-corrected chi connectivity index (χ1v) is 9.79. The molecule has 15 nitrogen and oxygen atoms in total. The lowest BCUT2D eigenvalue weighted by Gasteiger charge is -2.07. The molecular weight excluding hydrogens is 446 g/mol. The minimum absolute atomic E-state index is 0.269. The third-order valence-corrected chi connectivity index (χ3v) is 3.14. The van der Waals surface area contributed by atoms with Crippen LogP contribution in [0.1, 0.15) is 40.0 Å². The molecule has 1 aliphatic heterocycles. The van der Waals surface area contributed by atoms with Gasteiger partial charge in [-0.2, -0.15) is 0 Å². The summed E-state index contributed by atoms with van der Waals surface area (Å²) in [7, 11) is 0. The molecule has 0 radical (unpaired) electrons. The molecule has 0 amide bonds. The van der Waals surface area contributed by atoms with E-state index in [1.54, 1.807) is 0 Å². The van der Waals surface area contributed by atoms with Crippen LogP contribution in [0.5, 0.6) is 0 Å². The van der Waals surface area contributed by atoms with Gasteiger partial charge >= 0.3 is 29.8 Å². The highest BCUT2D eigenvalue weighted by Gasteiger charge is 2.20. The third kappa shape index (κ3) is 36.8. The summed E-state index contributed by atoms with van der Waals surface area (Å²) in [6.45, 7) is 5.62. The smallest absolute Gasteiger partial charge is 0.320 e. The Labute approximate surface area is 192 Å². The lowest BCUT2D eigenvalue weighted by Crippen LogP contribution is -2.31. The SMILES string of the molecule is CC(C)C[C@H](N)C(=O)O.C[C@H](N)C(=O)O.NCC(=O)O.NCC(=O)O.O=C(O)[C@@H]1CCCN1. The fourth-order valence-corrected chi connectivity index (χ4v) is 1.50. The van der Waals surface area contributed by atoms with Gasteiger partial charge in [0, 0.05) is 0 Å². The van der Waals surface area contributed by atoms with Crippen LogP contribution in [0.15, 0.2) is 0 Å². The Morgan fingerprint density at radius 1 is 0.848 bits per heavy atom. The van der Waals surface area contributed by atoms with E-state index in [-0.39, 0.29) is 19.1 Å². The molecular formula is C18H39N5O10. The minimum Gasteiger partial charge on any atom is -0.480 e. The van der Waals surface area contributed by atoms with Crippen LogP contribution >= 0.6 is 0 Å². The Bertz CT molecular complexity index is 553. The number of carbonyl (C=O) groups is 5. The Morgan fingerprint density at radius 2 is 1.21 bits per heavy atom. The lowest BCUT2D eigenvalue weighted by atomic mass is 10.1. The first-order valence-electron chi connectivity index (χ1n) is 9.79. The van der Waals surface area contributed by atoms with Gasteiger partial charge < -0.3 is 53.8 Å². The summed E-state index contributed by atoms with van der Waals surface area (Å²) in [5.74, 6) is -4.17. The van der Waals surface area contributed by atoms with Gasteiger partial charge in [-0.1, -0.05) is 13.8 Å². The van der Waals surface area contributed by atoms with E-state index in [4.69, 9.17) is 37.0 Å². The number of carboxylic acid groups (broad SMARTS) is 5. The van der Waals surface area contributed by atoms with Gasteiger partial charge in [0.05, 0.1) is 13.1 Å². The van der Waals surface area contributed by atoms with E-state index in [0.717, 1.165) is 19.4 Å². The highest BCUT2D eigenvalue weighted by Crippen LogP contribution is 2.03. The fourth-order valence-electron chi connectivity index (χ4n) is 1.50. The maximum Gasteiger partial charge on any atom is 0.320 e. The van der Waals surface area contributed by atoms with Gasteiger partial charge in [-0.05, 0) is 38.6 Å². The number of aliphatic carboxylic acids is 5. The summed E-state index contributed by atoms with van der Waals surface area (Å²) < 4.78 is 0. The Balaban J connectivity index is -0.000000163.